The molecule has 148 valence electrons. The number of carbonyl (C=O) groups is 1. The normalized spacial score (nSPS) is 17.3. The fraction of sp³-hybridized carbons (Fsp3) is 0.409. The van der Waals surface area contributed by atoms with Crippen LogP contribution in [0, 0.1) is 0 Å². The summed E-state index contributed by atoms with van der Waals surface area (Å²) in [7, 11) is 0. The van der Waals surface area contributed by atoms with E-state index in [1.165, 1.54) is 11.1 Å². The molecule has 0 saturated carbocycles. The van der Waals surface area contributed by atoms with Gasteiger partial charge in [0.2, 0.25) is 6.79 Å². The van der Waals surface area contributed by atoms with Crippen LogP contribution in [0.1, 0.15) is 34.5 Å². The Kier molecular flexibility index (Phi) is 5.78. The summed E-state index contributed by atoms with van der Waals surface area (Å²) >= 11 is 0. The minimum atomic E-state index is -0.110. The standard InChI is InChI=1S/C22H26N2O4/c1-2-16-3-5-17(6-4-16)19(24-9-11-26-12-10-24)14-23-22(25)18-7-8-20-21(13-18)28-15-27-20/h3-8,13,19H,2,9-12,14-15H2,1H3,(H,23,25). The monoisotopic (exact) mass is 382 g/mol. The molecule has 0 radical (unpaired) electrons. The summed E-state index contributed by atoms with van der Waals surface area (Å²) in [6.07, 6.45) is 1.02. The Morgan fingerprint density at radius 3 is 2.57 bits per heavy atom. The highest BCUT2D eigenvalue weighted by Crippen LogP contribution is 2.32. The summed E-state index contributed by atoms with van der Waals surface area (Å²) in [6, 6.07) is 14.1. The second-order valence-corrected chi connectivity index (χ2v) is 7.04. The molecular formula is C22H26N2O4. The predicted octanol–water partition coefficient (Wildman–Crippen LogP) is 2.78. The van der Waals surface area contributed by atoms with Gasteiger partial charge in [-0.1, -0.05) is 31.2 Å². The molecule has 1 unspecified atom stereocenters. The predicted molar refractivity (Wildman–Crippen MR) is 106 cm³/mol. The number of amides is 1. The first-order valence-corrected chi connectivity index (χ1v) is 9.83. The fourth-order valence-corrected chi connectivity index (χ4v) is 3.65. The number of fused-ring (bicyclic) bond motifs is 1. The minimum Gasteiger partial charge on any atom is -0.454 e. The number of aryl methyl sites for hydroxylation is 1. The van der Waals surface area contributed by atoms with Crippen LogP contribution < -0.4 is 14.8 Å². The molecule has 1 saturated heterocycles. The lowest BCUT2D eigenvalue weighted by Gasteiger charge is -2.35. The molecule has 28 heavy (non-hydrogen) atoms. The summed E-state index contributed by atoms with van der Waals surface area (Å²) in [5.41, 5.74) is 3.10. The maximum atomic E-state index is 12.7. The van der Waals surface area contributed by atoms with E-state index in [4.69, 9.17) is 14.2 Å². The van der Waals surface area contributed by atoms with E-state index >= 15 is 0 Å². The van der Waals surface area contributed by atoms with E-state index in [1.807, 2.05) is 0 Å². The van der Waals surface area contributed by atoms with E-state index < -0.39 is 0 Å². The van der Waals surface area contributed by atoms with Gasteiger partial charge in [-0.2, -0.15) is 0 Å². The molecule has 1 fully saturated rings. The maximum absolute atomic E-state index is 12.7. The highest BCUT2D eigenvalue weighted by molar-refractivity contribution is 5.95. The average Bonchev–Trinajstić information content (AvgIpc) is 3.23. The number of rotatable bonds is 6. The summed E-state index contributed by atoms with van der Waals surface area (Å²) < 4.78 is 16.2. The van der Waals surface area contributed by atoms with E-state index in [-0.39, 0.29) is 18.7 Å². The van der Waals surface area contributed by atoms with Crippen LogP contribution in [0.2, 0.25) is 0 Å². The number of nitrogens with one attached hydrogen (secondary N) is 1. The number of nitrogens with zero attached hydrogens (tertiary/aromatic N) is 1. The zero-order valence-corrected chi connectivity index (χ0v) is 16.1. The van der Waals surface area contributed by atoms with Gasteiger partial charge in [0.1, 0.15) is 0 Å². The van der Waals surface area contributed by atoms with E-state index in [2.05, 4.69) is 41.4 Å². The molecule has 6 nitrogen and oxygen atoms in total. The van der Waals surface area contributed by atoms with Crippen molar-refractivity contribution >= 4 is 5.91 Å². The van der Waals surface area contributed by atoms with Crippen LogP contribution >= 0.6 is 0 Å². The van der Waals surface area contributed by atoms with E-state index in [0.717, 1.165) is 32.7 Å². The number of benzene rings is 2. The van der Waals surface area contributed by atoms with Gasteiger partial charge in [0.25, 0.3) is 5.91 Å². The van der Waals surface area contributed by atoms with Gasteiger partial charge in [0.15, 0.2) is 11.5 Å². The fourth-order valence-electron chi connectivity index (χ4n) is 3.65. The smallest absolute Gasteiger partial charge is 0.251 e. The highest BCUT2D eigenvalue weighted by Gasteiger charge is 2.24. The lowest BCUT2D eigenvalue weighted by molar-refractivity contribution is 0.0162. The Labute approximate surface area is 165 Å². The van der Waals surface area contributed by atoms with Crippen molar-refractivity contribution in [1.29, 1.82) is 0 Å². The largest absolute Gasteiger partial charge is 0.454 e. The summed E-state index contributed by atoms with van der Waals surface area (Å²) in [6.45, 7) is 6.06. The molecule has 0 spiro atoms. The number of ether oxygens (including phenoxy) is 3. The zero-order valence-electron chi connectivity index (χ0n) is 16.1. The summed E-state index contributed by atoms with van der Waals surface area (Å²) in [4.78, 5) is 15.1. The van der Waals surface area contributed by atoms with Gasteiger partial charge >= 0.3 is 0 Å². The molecule has 1 amide bonds. The lowest BCUT2D eigenvalue weighted by Crippen LogP contribution is -2.43. The molecule has 2 aromatic rings. The first-order chi connectivity index (χ1) is 13.7. The average molecular weight is 382 g/mol. The molecule has 2 aliphatic heterocycles. The third kappa shape index (κ3) is 4.13. The number of carbonyl (C=O) groups excluding carboxylic acids is 1. The Morgan fingerprint density at radius 1 is 1.07 bits per heavy atom. The molecule has 0 aliphatic carbocycles. The van der Waals surface area contributed by atoms with Crippen molar-refractivity contribution in [3.63, 3.8) is 0 Å². The molecule has 2 heterocycles. The molecule has 6 heteroatoms. The molecule has 0 bridgehead atoms. The van der Waals surface area contributed by atoms with Gasteiger partial charge in [0, 0.05) is 25.2 Å². The van der Waals surface area contributed by atoms with Crippen LogP contribution in [0.4, 0.5) is 0 Å². The number of morpholine rings is 1. The maximum Gasteiger partial charge on any atom is 0.251 e. The first kappa shape index (κ1) is 18.8. The molecule has 1 atom stereocenters. The van der Waals surface area contributed by atoms with Crippen molar-refractivity contribution in [3.05, 3.63) is 59.2 Å². The van der Waals surface area contributed by atoms with Crippen LogP contribution in [-0.2, 0) is 11.2 Å². The van der Waals surface area contributed by atoms with Crippen LogP contribution in [-0.4, -0.2) is 50.4 Å². The van der Waals surface area contributed by atoms with E-state index in [0.29, 0.717) is 23.6 Å². The van der Waals surface area contributed by atoms with Crippen LogP contribution in [0.15, 0.2) is 42.5 Å². The Morgan fingerprint density at radius 2 is 1.82 bits per heavy atom. The van der Waals surface area contributed by atoms with Crippen molar-refractivity contribution < 1.29 is 19.0 Å². The SMILES string of the molecule is CCc1ccc(C(CNC(=O)c2ccc3c(c2)OCO3)N2CCOCC2)cc1. The third-order valence-corrected chi connectivity index (χ3v) is 5.35. The quantitative estimate of drug-likeness (QED) is 0.833. The van der Waals surface area contributed by atoms with Gasteiger partial charge in [0.05, 0.1) is 19.3 Å². The van der Waals surface area contributed by atoms with Gasteiger partial charge in [-0.25, -0.2) is 0 Å². The van der Waals surface area contributed by atoms with Crippen LogP contribution in [0.3, 0.4) is 0 Å². The second-order valence-electron chi connectivity index (χ2n) is 7.04. The summed E-state index contributed by atoms with van der Waals surface area (Å²) in [5, 5.41) is 3.10. The van der Waals surface area contributed by atoms with Gasteiger partial charge in [-0.3, -0.25) is 9.69 Å². The van der Waals surface area contributed by atoms with Gasteiger partial charge < -0.3 is 19.5 Å². The Hall–Kier alpha value is -2.57. The van der Waals surface area contributed by atoms with Crippen molar-refractivity contribution in [2.45, 2.75) is 19.4 Å². The van der Waals surface area contributed by atoms with Crippen molar-refractivity contribution in [2.75, 3.05) is 39.6 Å². The molecule has 0 aromatic heterocycles. The Bertz CT molecular complexity index is 816. The van der Waals surface area contributed by atoms with Gasteiger partial charge in [-0.05, 0) is 35.7 Å². The topological polar surface area (TPSA) is 60.0 Å². The number of hydrogen-bond acceptors (Lipinski definition) is 5. The first-order valence-electron chi connectivity index (χ1n) is 9.83. The molecular weight excluding hydrogens is 356 g/mol. The summed E-state index contributed by atoms with van der Waals surface area (Å²) in [5.74, 6) is 1.19. The number of hydrogen-bond donors (Lipinski definition) is 1. The molecule has 4 rings (SSSR count). The van der Waals surface area contributed by atoms with Crippen molar-refractivity contribution in [2.24, 2.45) is 0 Å². The second kappa shape index (κ2) is 8.63. The highest BCUT2D eigenvalue weighted by atomic mass is 16.7. The van der Waals surface area contributed by atoms with E-state index in [1.54, 1.807) is 18.2 Å². The van der Waals surface area contributed by atoms with E-state index in [9.17, 15) is 4.79 Å². The molecule has 2 aromatic carbocycles. The van der Waals surface area contributed by atoms with Gasteiger partial charge in [-0.15, -0.1) is 0 Å². The Balaban J connectivity index is 1.47. The van der Waals surface area contributed by atoms with Crippen molar-refractivity contribution in [3.8, 4) is 11.5 Å². The van der Waals surface area contributed by atoms with Crippen LogP contribution in [0.25, 0.3) is 0 Å². The molecule has 1 N–H and O–H groups in total. The zero-order chi connectivity index (χ0) is 19.3. The lowest BCUT2D eigenvalue weighted by atomic mass is 10.0. The minimum absolute atomic E-state index is 0.110. The van der Waals surface area contributed by atoms with Crippen LogP contribution in [0.5, 0.6) is 11.5 Å². The molecule has 2 aliphatic rings. The third-order valence-electron chi connectivity index (χ3n) is 5.35. The van der Waals surface area contributed by atoms with Crippen molar-refractivity contribution in [1.82, 2.24) is 10.2 Å².